The third-order valence-corrected chi connectivity index (χ3v) is 6.57. The molecule has 2 rings (SSSR count). The van der Waals surface area contributed by atoms with E-state index < -0.39 is 41.1 Å². The van der Waals surface area contributed by atoms with Crippen LogP contribution in [0.3, 0.4) is 0 Å². The van der Waals surface area contributed by atoms with Gasteiger partial charge in [-0.3, -0.25) is 9.59 Å². The molecule has 0 aliphatic carbocycles. The monoisotopic (exact) mass is 553 g/mol. The molecule has 2 N–H and O–H groups in total. The normalized spacial score (nSPS) is 12.9. The molecule has 0 heterocycles. The van der Waals surface area contributed by atoms with E-state index >= 15 is 0 Å². The fourth-order valence-corrected chi connectivity index (χ4v) is 4.15. The largest absolute Gasteiger partial charge is 0.497 e. The lowest BCUT2D eigenvalue weighted by Crippen LogP contribution is -2.59. The van der Waals surface area contributed by atoms with Crippen LogP contribution in [0.2, 0.25) is 0 Å². The van der Waals surface area contributed by atoms with Gasteiger partial charge in [0, 0.05) is 22.5 Å². The molecule has 0 fully saturated rings. The molecule has 0 aliphatic rings. The number of methoxy groups -OCH3 is 1. The summed E-state index contributed by atoms with van der Waals surface area (Å²) in [4.78, 5) is 42.3. The van der Waals surface area contributed by atoms with Crippen molar-refractivity contribution in [1.82, 2.24) is 10.2 Å². The zero-order valence-electron chi connectivity index (χ0n) is 23.7. The molecular formula is C30H39N3O5S. The number of nitrogens with one attached hydrogen (secondary N) is 2. The lowest BCUT2D eigenvalue weighted by Gasteiger charge is -2.44. The van der Waals surface area contributed by atoms with Crippen LogP contribution in [0.5, 0.6) is 5.75 Å². The molecule has 210 valence electrons. The van der Waals surface area contributed by atoms with Gasteiger partial charge in [-0.15, -0.1) is 6.42 Å². The van der Waals surface area contributed by atoms with Crippen LogP contribution in [0.4, 0.5) is 10.5 Å². The highest BCUT2D eigenvalue weighted by atomic mass is 32.1. The van der Waals surface area contributed by atoms with Crippen molar-refractivity contribution in [2.45, 2.75) is 71.2 Å². The van der Waals surface area contributed by atoms with E-state index in [4.69, 9.17) is 15.9 Å². The van der Waals surface area contributed by atoms with Crippen molar-refractivity contribution >= 4 is 36.2 Å². The number of ether oxygens (including phenoxy) is 2. The Kier molecular flexibility index (Phi) is 10.9. The molecule has 9 heteroatoms. The van der Waals surface area contributed by atoms with Gasteiger partial charge in [0.2, 0.25) is 5.91 Å². The predicted octanol–water partition coefficient (Wildman–Crippen LogP) is 5.20. The number of amides is 3. The van der Waals surface area contributed by atoms with E-state index in [1.54, 1.807) is 76.4 Å². The lowest BCUT2D eigenvalue weighted by atomic mass is 9.90. The zero-order chi connectivity index (χ0) is 29.4. The molecule has 2 atom stereocenters. The molecule has 0 bridgehead atoms. The summed E-state index contributed by atoms with van der Waals surface area (Å²) in [6.45, 7) is 10.8. The van der Waals surface area contributed by atoms with Crippen LogP contribution in [-0.2, 0) is 14.3 Å². The molecule has 2 aromatic rings. The average molecular weight is 554 g/mol. The number of alkyl carbamates (subject to hydrolysis) is 1. The molecule has 3 amide bonds. The highest BCUT2D eigenvalue weighted by Gasteiger charge is 2.43. The summed E-state index contributed by atoms with van der Waals surface area (Å²) >= 11 is 4.34. The van der Waals surface area contributed by atoms with Gasteiger partial charge >= 0.3 is 6.09 Å². The molecule has 0 aromatic heterocycles. The van der Waals surface area contributed by atoms with E-state index in [0.29, 0.717) is 29.0 Å². The summed E-state index contributed by atoms with van der Waals surface area (Å²) in [5.74, 6) is 2.29. The molecule has 0 saturated carbocycles. The Morgan fingerprint density at radius 1 is 1.05 bits per heavy atom. The van der Waals surface area contributed by atoms with Crippen LogP contribution < -0.4 is 15.4 Å². The minimum Gasteiger partial charge on any atom is -0.497 e. The number of thiol groups is 1. The Bertz CT molecular complexity index is 1200. The summed E-state index contributed by atoms with van der Waals surface area (Å²) in [7, 11) is 1.56. The van der Waals surface area contributed by atoms with Gasteiger partial charge in [0.05, 0.1) is 7.11 Å². The van der Waals surface area contributed by atoms with Crippen molar-refractivity contribution in [3.63, 3.8) is 0 Å². The van der Waals surface area contributed by atoms with E-state index in [9.17, 15) is 14.4 Å². The Balaban J connectivity index is 2.63. The Morgan fingerprint density at radius 2 is 1.67 bits per heavy atom. The fraction of sp³-hybridized carbons (Fsp3) is 0.433. The first-order valence-electron chi connectivity index (χ1n) is 12.7. The third kappa shape index (κ3) is 8.42. The maximum atomic E-state index is 14.2. The second-order valence-electron chi connectivity index (χ2n) is 10.6. The van der Waals surface area contributed by atoms with Crippen LogP contribution in [0.15, 0.2) is 48.5 Å². The molecule has 0 radical (unpaired) electrons. The van der Waals surface area contributed by atoms with Crippen molar-refractivity contribution in [3.8, 4) is 18.1 Å². The fourth-order valence-electron chi connectivity index (χ4n) is 3.90. The van der Waals surface area contributed by atoms with Gasteiger partial charge in [0.25, 0.3) is 5.91 Å². The molecule has 0 spiro atoms. The van der Waals surface area contributed by atoms with Gasteiger partial charge in [-0.1, -0.05) is 31.0 Å². The first-order chi connectivity index (χ1) is 18.3. The molecule has 0 aliphatic heterocycles. The Morgan fingerprint density at radius 3 is 2.18 bits per heavy atom. The summed E-state index contributed by atoms with van der Waals surface area (Å²) in [5, 5.41) is 5.54. The minimum atomic E-state index is -1.12. The number of carbonyl (C=O) groups excluding carboxylic acids is 3. The molecule has 8 nitrogen and oxygen atoms in total. The lowest BCUT2D eigenvalue weighted by molar-refractivity contribution is -0.147. The first-order valence-corrected chi connectivity index (χ1v) is 13.3. The van der Waals surface area contributed by atoms with Crippen molar-refractivity contribution in [3.05, 3.63) is 59.7 Å². The summed E-state index contributed by atoms with van der Waals surface area (Å²) < 4.78 is 10.6. The van der Waals surface area contributed by atoms with Gasteiger partial charge in [0.1, 0.15) is 23.4 Å². The molecule has 2 unspecified atom stereocenters. The number of rotatable bonds is 10. The summed E-state index contributed by atoms with van der Waals surface area (Å²) in [6, 6.07) is 11.7. The topological polar surface area (TPSA) is 97.0 Å². The molecule has 39 heavy (non-hydrogen) atoms. The van der Waals surface area contributed by atoms with E-state index in [-0.39, 0.29) is 5.75 Å². The second kappa shape index (κ2) is 13.4. The van der Waals surface area contributed by atoms with Crippen LogP contribution in [0.25, 0.3) is 0 Å². The van der Waals surface area contributed by atoms with Gasteiger partial charge < -0.3 is 25.0 Å². The predicted molar refractivity (Wildman–Crippen MR) is 157 cm³/mol. The number of hydrogen-bond donors (Lipinski definition) is 3. The van der Waals surface area contributed by atoms with Gasteiger partial charge in [-0.2, -0.15) is 12.6 Å². The number of nitrogens with zero attached hydrogens (tertiary/aromatic N) is 1. The van der Waals surface area contributed by atoms with Crippen LogP contribution >= 0.6 is 12.6 Å². The Hall–Kier alpha value is -3.64. The van der Waals surface area contributed by atoms with E-state index in [1.165, 1.54) is 4.90 Å². The van der Waals surface area contributed by atoms with Gasteiger partial charge in [-0.05, 0) is 76.9 Å². The number of terminal acetylenes is 1. The summed E-state index contributed by atoms with van der Waals surface area (Å²) in [6.07, 6.45) is 5.57. The standard InChI is InChI=1S/C30H39N3O5S/c1-9-20-13-11-12-14-23(20)25(26(34)31-21-15-17-22(37-8)18-16-21)33(30(6,7)10-2)27(35)24(19-39)32-28(36)38-29(3,4)5/h1,11-18,24-25,39H,10,19H2,2-8H3,(H,31,34)(H,32,36). The molecular weight excluding hydrogens is 514 g/mol. The van der Waals surface area contributed by atoms with Gasteiger partial charge in [-0.25, -0.2) is 4.79 Å². The third-order valence-electron chi connectivity index (χ3n) is 6.20. The summed E-state index contributed by atoms with van der Waals surface area (Å²) in [5.41, 5.74) is -0.111. The first kappa shape index (κ1) is 31.6. The number of carbonyl (C=O) groups is 3. The second-order valence-corrected chi connectivity index (χ2v) is 11.0. The number of benzene rings is 2. The molecule has 2 aromatic carbocycles. The van der Waals surface area contributed by atoms with Crippen molar-refractivity contribution < 1.29 is 23.9 Å². The maximum absolute atomic E-state index is 14.2. The van der Waals surface area contributed by atoms with Crippen molar-refractivity contribution in [2.75, 3.05) is 18.2 Å². The van der Waals surface area contributed by atoms with Crippen LogP contribution in [-0.4, -0.2) is 52.9 Å². The zero-order valence-corrected chi connectivity index (χ0v) is 24.6. The van der Waals surface area contributed by atoms with Crippen LogP contribution in [0, 0.1) is 12.3 Å². The van der Waals surface area contributed by atoms with E-state index in [1.807, 2.05) is 20.8 Å². The highest BCUT2D eigenvalue weighted by Crippen LogP contribution is 2.34. The maximum Gasteiger partial charge on any atom is 0.408 e. The number of hydrogen-bond acceptors (Lipinski definition) is 6. The molecule has 0 saturated heterocycles. The van der Waals surface area contributed by atoms with Crippen molar-refractivity contribution in [2.24, 2.45) is 0 Å². The SMILES string of the molecule is C#Cc1ccccc1C(C(=O)Nc1ccc(OC)cc1)N(C(=O)C(CS)NC(=O)OC(C)(C)C)C(C)(C)CC. The highest BCUT2D eigenvalue weighted by molar-refractivity contribution is 7.80. The quantitative estimate of drug-likeness (QED) is 0.278. The van der Waals surface area contributed by atoms with Gasteiger partial charge in [0.15, 0.2) is 0 Å². The minimum absolute atomic E-state index is 0.0159. The number of anilines is 1. The van der Waals surface area contributed by atoms with Crippen molar-refractivity contribution in [1.29, 1.82) is 0 Å². The Labute approximate surface area is 237 Å². The van der Waals surface area contributed by atoms with Crippen LogP contribution in [0.1, 0.15) is 65.1 Å². The van der Waals surface area contributed by atoms with E-state index in [0.717, 1.165) is 0 Å². The van der Waals surface area contributed by atoms with E-state index in [2.05, 4.69) is 29.2 Å². The average Bonchev–Trinajstić information content (AvgIpc) is 2.89. The smallest absolute Gasteiger partial charge is 0.408 e.